The average molecular weight is 717 g/mol. The monoisotopic (exact) mass is 716 g/mol. The van der Waals surface area contributed by atoms with E-state index in [2.05, 4.69) is 0 Å². The number of esters is 1. The van der Waals surface area contributed by atoms with Crippen LogP contribution in [0, 0.1) is 28.1 Å². The number of carbonyl (C=O) groups is 3. The van der Waals surface area contributed by atoms with Gasteiger partial charge in [-0.05, 0) is 124 Å². The van der Waals surface area contributed by atoms with Crippen LogP contribution in [0.5, 0.6) is 0 Å². The summed E-state index contributed by atoms with van der Waals surface area (Å²) < 4.78 is 36.9. The molecule has 1 saturated heterocycles. The number of allylic oxidation sites excluding steroid dienone is 13. The summed E-state index contributed by atoms with van der Waals surface area (Å²) >= 11 is 0. The fourth-order valence-electron chi connectivity index (χ4n) is 10.9. The molecule has 6 rings (SSSR count). The third-order valence-electron chi connectivity index (χ3n) is 13.8. The first kappa shape index (κ1) is 38.5. The van der Waals surface area contributed by atoms with Crippen molar-refractivity contribution < 1.29 is 38.1 Å². The molecule has 0 bridgehead atoms. The fourth-order valence-corrected chi connectivity index (χ4v) is 10.9. The molecule has 7 nitrogen and oxygen atoms in total. The molecule has 3 saturated carbocycles. The number of aliphatic hydroxyl groups is 1. The molecule has 0 radical (unpaired) electrons. The average Bonchev–Trinajstić information content (AvgIpc) is 3.49. The first-order valence-electron chi connectivity index (χ1n) is 19.0. The molecule has 9 atom stereocenters. The van der Waals surface area contributed by atoms with Crippen LogP contribution in [0.25, 0.3) is 0 Å². The van der Waals surface area contributed by atoms with Crippen LogP contribution < -0.4 is 0 Å². The van der Waals surface area contributed by atoms with Crippen LogP contribution in [-0.4, -0.2) is 58.5 Å². The Morgan fingerprint density at radius 2 is 1.81 bits per heavy atom. The molecule has 0 amide bonds. The highest BCUT2D eigenvalue weighted by Gasteiger charge is 2.80. The summed E-state index contributed by atoms with van der Waals surface area (Å²) in [6, 6.07) is 0. The van der Waals surface area contributed by atoms with E-state index in [1.54, 1.807) is 26.8 Å². The number of ketones is 2. The minimum Gasteiger partial charge on any atom is -0.457 e. The summed E-state index contributed by atoms with van der Waals surface area (Å²) in [7, 11) is 0. The van der Waals surface area contributed by atoms with Crippen LogP contribution in [0.3, 0.4) is 0 Å². The van der Waals surface area contributed by atoms with Crippen molar-refractivity contribution in [2.45, 2.75) is 137 Å². The molecule has 0 aromatic heterocycles. The minimum absolute atomic E-state index is 0.0457. The van der Waals surface area contributed by atoms with E-state index >= 15 is 4.39 Å². The lowest BCUT2D eigenvalue weighted by Crippen LogP contribution is -2.70. The normalized spacial score (nSPS) is 41.5. The van der Waals surface area contributed by atoms with Gasteiger partial charge in [-0.25, -0.2) is 4.39 Å². The Labute approximate surface area is 308 Å². The Kier molecular flexibility index (Phi) is 9.84. The minimum atomic E-state index is -2.05. The van der Waals surface area contributed by atoms with Gasteiger partial charge in [0.15, 0.2) is 29.4 Å². The first-order valence-corrected chi connectivity index (χ1v) is 19.0. The Hall–Kier alpha value is -3.20. The molecule has 0 spiro atoms. The van der Waals surface area contributed by atoms with Gasteiger partial charge in [-0.2, -0.15) is 0 Å². The summed E-state index contributed by atoms with van der Waals surface area (Å²) in [5.41, 5.74) is -1.81. The number of aliphatic hydroxyl groups excluding tert-OH is 1. The van der Waals surface area contributed by atoms with Gasteiger partial charge in [0.05, 0.1) is 17.6 Å². The topological polar surface area (TPSA) is 99.1 Å². The Balaban J connectivity index is 1.26. The molecule has 282 valence electrons. The van der Waals surface area contributed by atoms with Gasteiger partial charge < -0.3 is 19.3 Å². The van der Waals surface area contributed by atoms with E-state index in [-0.39, 0.29) is 18.1 Å². The second-order valence-electron chi connectivity index (χ2n) is 17.4. The van der Waals surface area contributed by atoms with Crippen molar-refractivity contribution in [3.05, 3.63) is 82.5 Å². The third-order valence-corrected chi connectivity index (χ3v) is 13.8. The Bertz CT molecular complexity index is 1760. The van der Waals surface area contributed by atoms with Crippen LogP contribution in [0.2, 0.25) is 0 Å². The largest absolute Gasteiger partial charge is 0.457 e. The quantitative estimate of drug-likeness (QED) is 0.199. The van der Waals surface area contributed by atoms with Crippen molar-refractivity contribution >= 4 is 17.5 Å². The number of hydrogen-bond acceptors (Lipinski definition) is 7. The number of alkyl halides is 1. The standard InChI is InChI=1S/C44H57FO7/c1-10-27(2)13-11-14-28(3)16-18-32-29(4)15-12-21-40(32,7)38(49)50-26-36(48)44-37(51-39(5,6)52-44)24-34-33-19-17-30-23-31(46)20-22-41(30,8)43(33,45)35(47)25-42(34,44)9/h10-11,13-14,16,18,20,22-23,33-35,37,47H,12,15,17,19,21,24-26H2,1-9H3/t33-,34-,35-,37+,40?,41-,42-,43?,44+/m0/s1. The maximum absolute atomic E-state index is 17.8. The van der Waals surface area contributed by atoms with Crippen LogP contribution in [0.15, 0.2) is 82.5 Å². The number of rotatable bonds is 8. The maximum Gasteiger partial charge on any atom is 0.316 e. The fraction of sp³-hybridized carbons (Fsp3) is 0.614. The number of hydrogen-bond donors (Lipinski definition) is 1. The molecular formula is C44H57FO7. The van der Waals surface area contributed by atoms with E-state index in [4.69, 9.17) is 14.2 Å². The van der Waals surface area contributed by atoms with Crippen LogP contribution >= 0.6 is 0 Å². The molecule has 8 heteroatoms. The summed E-state index contributed by atoms with van der Waals surface area (Å²) in [5.74, 6) is -3.16. The molecule has 1 N–H and O–H groups in total. The van der Waals surface area contributed by atoms with Crippen molar-refractivity contribution in [1.29, 1.82) is 0 Å². The molecule has 6 aliphatic rings. The second kappa shape index (κ2) is 13.3. The third kappa shape index (κ3) is 5.74. The predicted molar refractivity (Wildman–Crippen MR) is 199 cm³/mol. The van der Waals surface area contributed by atoms with Gasteiger partial charge in [0, 0.05) is 16.7 Å². The molecular weight excluding hydrogens is 659 g/mol. The lowest BCUT2D eigenvalue weighted by Gasteiger charge is -2.62. The number of halogens is 1. The molecule has 1 heterocycles. The van der Waals surface area contributed by atoms with E-state index in [0.29, 0.717) is 31.3 Å². The molecule has 0 aromatic carbocycles. The van der Waals surface area contributed by atoms with E-state index in [0.717, 1.165) is 29.6 Å². The molecule has 4 fully saturated rings. The van der Waals surface area contributed by atoms with Gasteiger partial charge in [0.2, 0.25) is 5.78 Å². The number of carbonyl (C=O) groups excluding carboxylic acids is 3. The zero-order chi connectivity index (χ0) is 38.1. The maximum atomic E-state index is 17.8. The first-order chi connectivity index (χ1) is 24.3. The Morgan fingerprint density at radius 1 is 1.08 bits per heavy atom. The van der Waals surface area contributed by atoms with Crippen molar-refractivity contribution in [1.82, 2.24) is 0 Å². The van der Waals surface area contributed by atoms with E-state index in [1.165, 1.54) is 17.7 Å². The molecule has 52 heavy (non-hydrogen) atoms. The lowest BCUT2D eigenvalue weighted by molar-refractivity contribution is -0.246. The van der Waals surface area contributed by atoms with Gasteiger partial charge in [0.1, 0.15) is 0 Å². The summed E-state index contributed by atoms with van der Waals surface area (Å²) in [4.78, 5) is 41.1. The van der Waals surface area contributed by atoms with E-state index in [9.17, 15) is 19.5 Å². The number of ether oxygens (including phenoxy) is 3. The summed E-state index contributed by atoms with van der Waals surface area (Å²) in [5, 5.41) is 11.9. The van der Waals surface area contributed by atoms with Gasteiger partial charge in [0.25, 0.3) is 0 Å². The van der Waals surface area contributed by atoms with Gasteiger partial charge in [-0.1, -0.05) is 71.7 Å². The van der Waals surface area contributed by atoms with Gasteiger partial charge in [-0.3, -0.25) is 14.4 Å². The SMILES string of the molecule is CC=C(C)C=CC=C(C)C=CC1=C(C)CCCC1(C)C(=O)OCC(=O)[C@@]12OC(C)(C)O[C@@H]1C[C@H]1[C@@H]3CCC4=CC(=O)C=C[C@]4(C)C3(F)[C@@H](O)C[C@@]12C. The second-order valence-corrected chi connectivity index (χ2v) is 17.4. The number of fused-ring (bicyclic) bond motifs is 7. The van der Waals surface area contributed by atoms with Crippen molar-refractivity contribution in [2.24, 2.45) is 28.1 Å². The predicted octanol–water partition coefficient (Wildman–Crippen LogP) is 8.50. The van der Waals surface area contributed by atoms with Gasteiger partial charge >= 0.3 is 5.97 Å². The molecule has 2 unspecified atom stereocenters. The lowest BCUT2D eigenvalue weighted by atomic mass is 9.44. The highest BCUT2D eigenvalue weighted by atomic mass is 19.1. The zero-order valence-electron chi connectivity index (χ0n) is 32.4. The molecule has 5 aliphatic carbocycles. The van der Waals surface area contributed by atoms with E-state index in [1.807, 2.05) is 78.0 Å². The summed E-state index contributed by atoms with van der Waals surface area (Å²) in [6.45, 7) is 16.7. The highest BCUT2D eigenvalue weighted by molar-refractivity contribution is 6.01. The smallest absolute Gasteiger partial charge is 0.316 e. The van der Waals surface area contributed by atoms with Crippen LogP contribution in [0.4, 0.5) is 4.39 Å². The van der Waals surface area contributed by atoms with Crippen LogP contribution in [-0.2, 0) is 28.6 Å². The van der Waals surface area contributed by atoms with Crippen molar-refractivity contribution in [2.75, 3.05) is 6.61 Å². The summed E-state index contributed by atoms with van der Waals surface area (Å²) in [6.07, 6.45) is 18.1. The molecule has 1 aliphatic heterocycles. The van der Waals surface area contributed by atoms with Gasteiger partial charge in [-0.15, -0.1) is 0 Å². The highest BCUT2D eigenvalue weighted by Crippen LogP contribution is 2.72. The van der Waals surface area contributed by atoms with Crippen LogP contribution in [0.1, 0.15) is 107 Å². The zero-order valence-corrected chi connectivity index (χ0v) is 32.4. The van der Waals surface area contributed by atoms with E-state index < -0.39 is 69.8 Å². The van der Waals surface area contributed by atoms with Crippen molar-refractivity contribution in [3.8, 4) is 0 Å². The number of Topliss-reactive ketones (excluding diaryl/α,β-unsaturated/α-hetero) is 1. The van der Waals surface area contributed by atoms with Crippen molar-refractivity contribution in [3.63, 3.8) is 0 Å². The Morgan fingerprint density at radius 3 is 2.52 bits per heavy atom. The molecule has 0 aromatic rings.